The molecule has 4 nitrogen and oxygen atoms in total. The van der Waals surface area contributed by atoms with Gasteiger partial charge in [0.05, 0.1) is 4.90 Å². The predicted octanol–water partition coefficient (Wildman–Crippen LogP) is 1.55. The molecule has 1 aromatic rings. The van der Waals surface area contributed by atoms with E-state index in [0.717, 1.165) is 17.2 Å². The average molecular weight is 274 g/mol. The second-order valence-electron chi connectivity index (χ2n) is 4.37. The van der Waals surface area contributed by atoms with Crippen molar-refractivity contribution in [3.8, 4) is 0 Å². The van der Waals surface area contributed by atoms with Gasteiger partial charge in [-0.2, -0.15) is 0 Å². The first kappa shape index (κ1) is 13.0. The lowest BCUT2D eigenvalue weighted by Crippen LogP contribution is -2.26. The SMILES string of the molecule is CNCc1sccc1S(=O)(=O)NCCC1CC1. The topological polar surface area (TPSA) is 58.2 Å². The van der Waals surface area contributed by atoms with Crippen LogP contribution >= 0.6 is 11.3 Å². The smallest absolute Gasteiger partial charge is 0.241 e. The summed E-state index contributed by atoms with van der Waals surface area (Å²) in [4.78, 5) is 1.29. The van der Waals surface area contributed by atoms with E-state index in [1.165, 1.54) is 24.2 Å². The Hall–Kier alpha value is -0.430. The van der Waals surface area contributed by atoms with Gasteiger partial charge >= 0.3 is 0 Å². The second kappa shape index (κ2) is 5.48. The number of hydrogen-bond donors (Lipinski definition) is 2. The van der Waals surface area contributed by atoms with Crippen LogP contribution < -0.4 is 10.0 Å². The molecule has 1 heterocycles. The van der Waals surface area contributed by atoms with Gasteiger partial charge in [0, 0.05) is 18.0 Å². The van der Waals surface area contributed by atoms with E-state index in [0.29, 0.717) is 18.0 Å². The van der Waals surface area contributed by atoms with Crippen LogP contribution in [0.5, 0.6) is 0 Å². The molecule has 0 atom stereocenters. The van der Waals surface area contributed by atoms with Crippen molar-refractivity contribution in [1.29, 1.82) is 0 Å². The van der Waals surface area contributed by atoms with Crippen molar-refractivity contribution in [3.05, 3.63) is 16.3 Å². The molecule has 0 radical (unpaired) electrons. The lowest BCUT2D eigenvalue weighted by molar-refractivity contribution is 0.574. The van der Waals surface area contributed by atoms with E-state index in [-0.39, 0.29) is 0 Å². The molecule has 0 bridgehead atoms. The number of sulfonamides is 1. The zero-order valence-corrected chi connectivity index (χ0v) is 11.5. The van der Waals surface area contributed by atoms with Gasteiger partial charge in [-0.1, -0.05) is 12.8 Å². The third-order valence-corrected chi connectivity index (χ3v) is 5.47. The highest BCUT2D eigenvalue weighted by Gasteiger charge is 2.23. The first-order chi connectivity index (χ1) is 8.13. The average Bonchev–Trinajstić information content (AvgIpc) is 2.96. The molecule has 0 amide bonds. The minimum atomic E-state index is -3.32. The van der Waals surface area contributed by atoms with E-state index in [4.69, 9.17) is 0 Å². The summed E-state index contributed by atoms with van der Waals surface area (Å²) in [5.74, 6) is 0.747. The Bertz CT molecular complexity index is 464. The molecule has 96 valence electrons. The normalized spacial score (nSPS) is 16.3. The molecule has 0 aromatic carbocycles. The van der Waals surface area contributed by atoms with Gasteiger partial charge in [-0.25, -0.2) is 13.1 Å². The van der Waals surface area contributed by atoms with E-state index >= 15 is 0 Å². The highest BCUT2D eigenvalue weighted by Crippen LogP contribution is 2.32. The highest BCUT2D eigenvalue weighted by molar-refractivity contribution is 7.89. The number of thiophene rings is 1. The van der Waals surface area contributed by atoms with E-state index in [1.54, 1.807) is 6.07 Å². The lowest BCUT2D eigenvalue weighted by atomic mass is 10.3. The van der Waals surface area contributed by atoms with Crippen molar-refractivity contribution in [2.75, 3.05) is 13.6 Å². The van der Waals surface area contributed by atoms with Gasteiger partial charge in [-0.05, 0) is 30.8 Å². The third kappa shape index (κ3) is 3.51. The number of nitrogens with one attached hydrogen (secondary N) is 2. The predicted molar refractivity (Wildman–Crippen MR) is 69.6 cm³/mol. The van der Waals surface area contributed by atoms with Crippen LogP contribution in [0.4, 0.5) is 0 Å². The molecule has 1 saturated carbocycles. The van der Waals surface area contributed by atoms with Gasteiger partial charge in [0.1, 0.15) is 0 Å². The quantitative estimate of drug-likeness (QED) is 0.793. The molecule has 17 heavy (non-hydrogen) atoms. The summed E-state index contributed by atoms with van der Waals surface area (Å²) in [7, 11) is -1.50. The molecular weight excluding hydrogens is 256 g/mol. The summed E-state index contributed by atoms with van der Waals surface area (Å²) in [6.45, 7) is 1.15. The fourth-order valence-corrected chi connectivity index (χ4v) is 4.24. The molecule has 2 N–H and O–H groups in total. The van der Waals surface area contributed by atoms with Crippen LogP contribution in [0, 0.1) is 5.92 Å². The van der Waals surface area contributed by atoms with E-state index < -0.39 is 10.0 Å². The van der Waals surface area contributed by atoms with Crippen molar-refractivity contribution in [2.45, 2.75) is 30.7 Å². The Labute approximate surface area is 106 Å². The van der Waals surface area contributed by atoms with Crippen molar-refractivity contribution in [1.82, 2.24) is 10.0 Å². The van der Waals surface area contributed by atoms with E-state index in [2.05, 4.69) is 10.0 Å². The molecule has 0 saturated heterocycles. The van der Waals surface area contributed by atoms with Crippen molar-refractivity contribution in [3.63, 3.8) is 0 Å². The molecule has 1 aliphatic carbocycles. The minimum Gasteiger partial charge on any atom is -0.315 e. The van der Waals surface area contributed by atoms with Crippen molar-refractivity contribution < 1.29 is 8.42 Å². The van der Waals surface area contributed by atoms with Gasteiger partial charge in [-0.3, -0.25) is 0 Å². The van der Waals surface area contributed by atoms with Gasteiger partial charge < -0.3 is 5.32 Å². The zero-order chi connectivity index (χ0) is 12.3. The van der Waals surface area contributed by atoms with Gasteiger partial charge in [-0.15, -0.1) is 11.3 Å². The largest absolute Gasteiger partial charge is 0.315 e. The fraction of sp³-hybridized carbons (Fsp3) is 0.636. The number of rotatable bonds is 7. The molecule has 1 aliphatic rings. The van der Waals surface area contributed by atoms with Crippen LogP contribution in [-0.4, -0.2) is 22.0 Å². The molecule has 2 rings (SSSR count). The summed E-state index contributed by atoms with van der Waals surface area (Å²) in [6.07, 6.45) is 3.47. The van der Waals surface area contributed by atoms with E-state index in [9.17, 15) is 8.42 Å². The van der Waals surface area contributed by atoms with Crippen LogP contribution in [0.2, 0.25) is 0 Å². The standard InChI is InChI=1S/C11H18N2O2S2/c1-12-8-10-11(5-7-16-10)17(14,15)13-6-4-9-2-3-9/h5,7,9,12-13H,2-4,6,8H2,1H3. The molecule has 0 unspecified atom stereocenters. The first-order valence-corrected chi connectivity index (χ1v) is 8.20. The Morgan fingerprint density at radius 1 is 1.47 bits per heavy atom. The van der Waals surface area contributed by atoms with Crippen LogP contribution in [0.25, 0.3) is 0 Å². The molecular formula is C11H18N2O2S2. The van der Waals surface area contributed by atoms with Gasteiger partial charge in [0.25, 0.3) is 0 Å². The Balaban J connectivity index is 1.99. The maximum Gasteiger partial charge on any atom is 0.241 e. The second-order valence-corrected chi connectivity index (χ2v) is 7.10. The zero-order valence-electron chi connectivity index (χ0n) is 9.90. The maximum absolute atomic E-state index is 12.1. The molecule has 1 fully saturated rings. The lowest BCUT2D eigenvalue weighted by Gasteiger charge is -2.07. The van der Waals surface area contributed by atoms with Crippen LogP contribution in [-0.2, 0) is 16.6 Å². The van der Waals surface area contributed by atoms with Gasteiger partial charge in [0.15, 0.2) is 0 Å². The number of hydrogen-bond acceptors (Lipinski definition) is 4. The Morgan fingerprint density at radius 2 is 2.24 bits per heavy atom. The summed E-state index contributed by atoms with van der Waals surface area (Å²) in [5, 5.41) is 4.81. The van der Waals surface area contributed by atoms with Crippen molar-refractivity contribution in [2.24, 2.45) is 5.92 Å². The molecule has 0 aliphatic heterocycles. The Kier molecular flexibility index (Phi) is 4.19. The van der Waals surface area contributed by atoms with Crippen LogP contribution in [0.1, 0.15) is 24.1 Å². The fourth-order valence-electron chi connectivity index (χ4n) is 1.74. The van der Waals surface area contributed by atoms with E-state index in [1.807, 2.05) is 12.4 Å². The molecule has 1 aromatic heterocycles. The summed E-state index contributed by atoms with van der Waals surface area (Å²) in [6, 6.07) is 1.68. The molecule has 6 heteroatoms. The van der Waals surface area contributed by atoms with Crippen LogP contribution in [0.3, 0.4) is 0 Å². The van der Waals surface area contributed by atoms with Gasteiger partial charge in [0.2, 0.25) is 10.0 Å². The summed E-state index contributed by atoms with van der Waals surface area (Å²) < 4.78 is 26.8. The Morgan fingerprint density at radius 3 is 2.88 bits per heavy atom. The monoisotopic (exact) mass is 274 g/mol. The minimum absolute atomic E-state index is 0.424. The first-order valence-electron chi connectivity index (χ1n) is 5.84. The van der Waals surface area contributed by atoms with Crippen molar-refractivity contribution >= 4 is 21.4 Å². The maximum atomic E-state index is 12.1. The summed E-state index contributed by atoms with van der Waals surface area (Å²) >= 11 is 1.47. The third-order valence-electron chi connectivity index (χ3n) is 2.87. The van der Waals surface area contributed by atoms with Crippen LogP contribution in [0.15, 0.2) is 16.3 Å². The summed E-state index contributed by atoms with van der Waals surface area (Å²) in [5.41, 5.74) is 0. The molecule has 0 spiro atoms. The highest BCUT2D eigenvalue weighted by atomic mass is 32.2.